The molecule has 0 amide bonds. The van der Waals surface area contributed by atoms with Crippen molar-refractivity contribution in [3.8, 4) is 0 Å². The number of hydrogen-bond acceptors (Lipinski definition) is 1. The predicted molar refractivity (Wildman–Crippen MR) is 210 cm³/mol. The van der Waals surface area contributed by atoms with Crippen molar-refractivity contribution < 1.29 is 4.74 Å². The molecule has 0 fully saturated rings. The van der Waals surface area contributed by atoms with Crippen molar-refractivity contribution in [2.24, 2.45) is 0 Å². The van der Waals surface area contributed by atoms with Crippen LogP contribution in [0.5, 0.6) is 0 Å². The Hall–Kier alpha value is 3.68. The molecule has 0 heterocycles. The normalized spacial score (nSPS) is 8.50. The van der Waals surface area contributed by atoms with Crippen LogP contribution in [0.25, 0.3) is 0 Å². The Morgan fingerprint density at radius 1 is 0.444 bits per heavy atom. The molecule has 218 valence electrons. The number of alkyl halides is 1. The topological polar surface area (TPSA) is 9.23 Å². The molecule has 1 nitrogen and oxygen atoms in total. The average molecular weight is 1220 g/mol. The van der Waals surface area contributed by atoms with Gasteiger partial charge in [-0.25, -0.2) is 0 Å². The third kappa shape index (κ3) is 15.2. The van der Waals surface area contributed by atoms with E-state index in [0.717, 1.165) is 55.6 Å². The lowest BCUT2D eigenvalue weighted by atomic mass is 10.2. The molecular formula is C24H39Br11O. The summed E-state index contributed by atoms with van der Waals surface area (Å²) < 4.78 is 15.5. The Kier molecular flexibility index (Phi) is 44.4. The van der Waals surface area contributed by atoms with Crippen LogP contribution in [0.4, 0.5) is 0 Å². The largest absolute Gasteiger partial charge is 0.377 e. The summed E-state index contributed by atoms with van der Waals surface area (Å²) in [7, 11) is 0. The summed E-state index contributed by atoms with van der Waals surface area (Å²) in [5.41, 5.74) is 2.25. The lowest BCUT2D eigenvalue weighted by molar-refractivity contribution is 0.133. The van der Waals surface area contributed by atoms with Gasteiger partial charge in [0.2, 0.25) is 0 Å². The van der Waals surface area contributed by atoms with E-state index in [1.165, 1.54) is 5.56 Å². The number of rotatable bonds is 4. The Balaban J connectivity index is -0.0000000759. The van der Waals surface area contributed by atoms with Gasteiger partial charge in [-0.15, -0.1) is 0 Å². The van der Waals surface area contributed by atoms with Crippen LogP contribution in [0, 0.1) is 0 Å². The molecule has 0 aromatic heterocycles. The van der Waals surface area contributed by atoms with Crippen LogP contribution in [0.1, 0.15) is 76.5 Å². The molecule has 12 heteroatoms. The van der Waals surface area contributed by atoms with Crippen molar-refractivity contribution in [3.63, 3.8) is 0 Å². The van der Waals surface area contributed by atoms with Crippen molar-refractivity contribution in [1.82, 2.24) is 0 Å². The number of halogens is 11. The van der Waals surface area contributed by atoms with Crippen molar-refractivity contribution in [2.75, 3.05) is 6.61 Å². The minimum atomic E-state index is 0. The molecule has 36 heavy (non-hydrogen) atoms. The zero-order chi connectivity index (χ0) is 23.8. The molecule has 0 aliphatic heterocycles. The Bertz CT molecular complexity index is 814. The van der Waals surface area contributed by atoms with Crippen molar-refractivity contribution in [2.45, 2.75) is 77.3 Å². The van der Waals surface area contributed by atoms with E-state index in [1.54, 1.807) is 0 Å². The Morgan fingerprint density at radius 2 is 0.667 bits per heavy atom. The van der Waals surface area contributed by atoms with Gasteiger partial charge in [-0.3, -0.25) is 0 Å². The van der Waals surface area contributed by atoms with Gasteiger partial charge < -0.3 is 4.74 Å². The molecular weight excluding hydrogens is 1180 g/mol. The number of hydrogen-bond donors (Lipinski definition) is 0. The van der Waals surface area contributed by atoms with Gasteiger partial charge >= 0.3 is 0 Å². The summed E-state index contributed by atoms with van der Waals surface area (Å²) in [5, 5.41) is 0.790. The summed E-state index contributed by atoms with van der Waals surface area (Å²) in [4.78, 5) is 0. The monoisotopic (exact) mass is 1210 g/mol. The first-order valence-corrected chi connectivity index (χ1v) is 17.2. The highest BCUT2D eigenvalue weighted by Gasteiger charge is 2.17. The van der Waals surface area contributed by atoms with Crippen LogP contribution in [0.3, 0.4) is 0 Å². The first-order valence-electron chi connectivity index (χ1n) is 8.15. The number of ether oxygens (including phenoxy) is 1. The SMILES string of the molecule is BrCc1c(Br)c(Br)c(Br)c(Br)c1Br.C.C.C.C.C.C.CC.CCOCc1c(Br)c(Br)c(Br)c(Br)c1Br. The molecule has 2 aromatic rings. The van der Waals surface area contributed by atoms with E-state index in [4.69, 9.17) is 4.74 Å². The maximum atomic E-state index is 5.41. The van der Waals surface area contributed by atoms with Crippen LogP contribution < -0.4 is 0 Å². The van der Waals surface area contributed by atoms with E-state index >= 15 is 0 Å². The predicted octanol–water partition coefficient (Wildman–Crippen LogP) is 17.3. The minimum absolute atomic E-state index is 0. The van der Waals surface area contributed by atoms with Crippen molar-refractivity contribution in [3.05, 3.63) is 55.9 Å². The lowest BCUT2D eigenvalue weighted by Gasteiger charge is -2.13. The molecule has 0 N–H and O–H groups in total. The maximum Gasteiger partial charge on any atom is 0.0739 e. The molecule has 0 saturated carbocycles. The second-order valence-electron chi connectivity index (χ2n) is 4.87. The number of benzene rings is 2. The van der Waals surface area contributed by atoms with Gasteiger partial charge in [0.05, 0.1) is 6.61 Å². The molecule has 2 aromatic carbocycles. The summed E-state index contributed by atoms with van der Waals surface area (Å²) in [6.07, 6.45) is 0. The molecule has 2 rings (SSSR count). The van der Waals surface area contributed by atoms with E-state index < -0.39 is 0 Å². The van der Waals surface area contributed by atoms with Crippen LogP contribution in [-0.4, -0.2) is 6.61 Å². The lowest BCUT2D eigenvalue weighted by Crippen LogP contribution is -1.96. The maximum absolute atomic E-state index is 5.41. The van der Waals surface area contributed by atoms with Gasteiger partial charge in [-0.2, -0.15) is 0 Å². The highest BCUT2D eigenvalue weighted by molar-refractivity contribution is 9.16. The van der Waals surface area contributed by atoms with Crippen LogP contribution in [0.15, 0.2) is 44.7 Å². The van der Waals surface area contributed by atoms with E-state index in [2.05, 4.69) is 175 Å². The molecule has 0 bridgehead atoms. The third-order valence-electron chi connectivity index (χ3n) is 3.19. The smallest absolute Gasteiger partial charge is 0.0739 e. The average Bonchev–Trinajstić information content (AvgIpc) is 2.76. The van der Waals surface area contributed by atoms with E-state index in [1.807, 2.05) is 20.8 Å². The molecule has 0 radical (unpaired) electrons. The van der Waals surface area contributed by atoms with Gasteiger partial charge in [0.1, 0.15) is 0 Å². The quantitative estimate of drug-likeness (QED) is 0.168. The molecule has 0 spiro atoms. The Labute approximate surface area is 315 Å². The minimum Gasteiger partial charge on any atom is -0.377 e. The fourth-order valence-corrected chi connectivity index (χ4v) is 9.83. The van der Waals surface area contributed by atoms with E-state index in [0.29, 0.717) is 13.2 Å². The molecule has 0 aliphatic rings. The molecule has 0 aliphatic carbocycles. The van der Waals surface area contributed by atoms with E-state index in [-0.39, 0.29) is 44.6 Å². The first kappa shape index (κ1) is 55.6. The Morgan fingerprint density at radius 3 is 0.889 bits per heavy atom. The van der Waals surface area contributed by atoms with Crippen molar-refractivity contribution >= 4 is 175 Å². The summed E-state index contributed by atoms with van der Waals surface area (Å²) >= 11 is 38.5. The zero-order valence-corrected chi connectivity index (χ0v) is 33.1. The van der Waals surface area contributed by atoms with Crippen LogP contribution in [-0.2, 0) is 16.7 Å². The van der Waals surface area contributed by atoms with Gasteiger partial charge in [-0.05, 0) is 172 Å². The second-order valence-corrected chi connectivity index (χ2v) is 13.4. The third-order valence-corrected chi connectivity index (χ3v) is 16.3. The second kappa shape index (κ2) is 28.8. The van der Waals surface area contributed by atoms with Gasteiger partial charge in [0.25, 0.3) is 0 Å². The van der Waals surface area contributed by atoms with E-state index in [9.17, 15) is 0 Å². The van der Waals surface area contributed by atoms with Crippen LogP contribution in [0.2, 0.25) is 0 Å². The van der Waals surface area contributed by atoms with Gasteiger partial charge in [-0.1, -0.05) is 74.3 Å². The van der Waals surface area contributed by atoms with Crippen molar-refractivity contribution in [1.29, 1.82) is 0 Å². The van der Waals surface area contributed by atoms with Gasteiger partial charge in [0.15, 0.2) is 0 Å². The fraction of sp³-hybridized carbons (Fsp3) is 0.500. The fourth-order valence-electron chi connectivity index (χ4n) is 1.75. The molecule has 0 atom stereocenters. The van der Waals surface area contributed by atoms with Gasteiger partial charge in [0, 0.05) is 62.2 Å². The summed E-state index contributed by atoms with van der Waals surface area (Å²) in [6, 6.07) is 0. The highest BCUT2D eigenvalue weighted by atomic mass is 79.9. The molecule has 0 saturated heterocycles. The summed E-state index contributed by atoms with van der Waals surface area (Å²) in [6.45, 7) is 7.25. The highest BCUT2D eigenvalue weighted by Crippen LogP contribution is 2.46. The first-order chi connectivity index (χ1) is 14.0. The standard InChI is InChI=1S/C9H7Br5O.C7H2Br6.C2H6.6CH4/c1-2-15-3-4-5(10)7(12)9(14)8(13)6(4)11;8-1-2-3(9)5(11)7(13)6(12)4(2)10;1-2;;;;;;/h2-3H2,1H3;1H2;1-2H3;6*1H4. The summed E-state index contributed by atoms with van der Waals surface area (Å²) in [5.74, 6) is 0. The zero-order valence-electron chi connectivity index (χ0n) is 15.7. The van der Waals surface area contributed by atoms with Crippen LogP contribution >= 0.6 is 175 Å². The molecule has 0 unspecified atom stereocenters.